The van der Waals surface area contributed by atoms with Crippen LogP contribution in [0.5, 0.6) is 0 Å². The van der Waals surface area contributed by atoms with Crippen molar-refractivity contribution in [2.24, 2.45) is 29.1 Å². The molecule has 1 aromatic carbocycles. The van der Waals surface area contributed by atoms with E-state index in [9.17, 15) is 19.2 Å². The Balaban J connectivity index is 1.60. The largest absolute Gasteiger partial charge is 0.454 e. The summed E-state index contributed by atoms with van der Waals surface area (Å²) >= 11 is 7.35. The van der Waals surface area contributed by atoms with Crippen LogP contribution in [0.1, 0.15) is 37.6 Å². The molecule has 0 spiro atoms. The number of fused-ring (bicyclic) bond motifs is 5. The van der Waals surface area contributed by atoms with Crippen LogP contribution in [-0.4, -0.2) is 39.8 Å². The number of amides is 2. The van der Waals surface area contributed by atoms with Gasteiger partial charge in [-0.3, -0.25) is 14.4 Å². The predicted octanol–water partition coefficient (Wildman–Crippen LogP) is 3.74. The van der Waals surface area contributed by atoms with Gasteiger partial charge in [-0.25, -0.2) is 9.69 Å². The quantitative estimate of drug-likeness (QED) is 0.330. The molecule has 0 radical (unpaired) electrons. The normalized spacial score (nSPS) is 32.5. The van der Waals surface area contributed by atoms with Crippen LogP contribution in [0, 0.1) is 29.1 Å². The maximum absolute atomic E-state index is 13.3. The van der Waals surface area contributed by atoms with E-state index >= 15 is 0 Å². The summed E-state index contributed by atoms with van der Waals surface area (Å²) in [6, 6.07) is 6.42. The number of hydrogen-bond donors (Lipinski definition) is 0. The number of ketones is 1. The molecule has 6 atom stereocenters. The summed E-state index contributed by atoms with van der Waals surface area (Å²) in [7, 11) is 0. The molecule has 8 heteroatoms. The fourth-order valence-corrected chi connectivity index (χ4v) is 6.73. The highest BCUT2D eigenvalue weighted by molar-refractivity contribution is 9.12. The molecule has 2 amide bonds. The lowest BCUT2D eigenvalue weighted by Crippen LogP contribution is -2.37. The third-order valence-electron chi connectivity index (χ3n) is 6.52. The Morgan fingerprint density at radius 3 is 2.10 bits per heavy atom. The summed E-state index contributed by atoms with van der Waals surface area (Å²) < 4.78 is 5.22. The van der Waals surface area contributed by atoms with Crippen molar-refractivity contribution in [1.29, 1.82) is 0 Å². The molecule has 6 nitrogen and oxygen atoms in total. The highest BCUT2D eigenvalue weighted by Gasteiger charge is 2.66. The van der Waals surface area contributed by atoms with Crippen molar-refractivity contribution in [3.05, 3.63) is 29.8 Å². The maximum Gasteiger partial charge on any atom is 0.340 e. The van der Waals surface area contributed by atoms with Gasteiger partial charge in [-0.1, -0.05) is 64.8 Å². The van der Waals surface area contributed by atoms with Gasteiger partial charge in [0.15, 0.2) is 12.4 Å². The lowest BCUT2D eigenvalue weighted by molar-refractivity contribution is -0.129. The predicted molar refractivity (Wildman–Crippen MR) is 118 cm³/mol. The fraction of sp³-hybridized carbons (Fsp3) is 0.545. The van der Waals surface area contributed by atoms with Gasteiger partial charge in [0.05, 0.1) is 23.1 Å². The molecular formula is C22H23Br2NO5. The fourth-order valence-electron chi connectivity index (χ4n) is 4.85. The van der Waals surface area contributed by atoms with E-state index < -0.39 is 11.4 Å². The van der Waals surface area contributed by atoms with Gasteiger partial charge in [0.2, 0.25) is 11.8 Å². The number of carbonyl (C=O) groups excluding carboxylic acids is 4. The molecule has 4 rings (SSSR count). The lowest BCUT2D eigenvalue weighted by Gasteiger charge is -2.28. The highest BCUT2D eigenvalue weighted by Crippen LogP contribution is 2.60. The summed E-state index contributed by atoms with van der Waals surface area (Å²) in [6.45, 7) is 4.89. The lowest BCUT2D eigenvalue weighted by atomic mass is 9.81. The number of rotatable bonds is 4. The van der Waals surface area contributed by atoms with Gasteiger partial charge in [0, 0.05) is 15.1 Å². The molecule has 1 saturated heterocycles. The van der Waals surface area contributed by atoms with E-state index in [1.165, 1.54) is 6.07 Å². The van der Waals surface area contributed by atoms with Gasteiger partial charge in [-0.05, 0) is 30.4 Å². The average molecular weight is 541 g/mol. The van der Waals surface area contributed by atoms with Gasteiger partial charge < -0.3 is 4.74 Å². The molecule has 1 heterocycles. The first-order chi connectivity index (χ1) is 14.0. The highest BCUT2D eigenvalue weighted by atomic mass is 79.9. The number of para-hydroxylation sites is 1. The van der Waals surface area contributed by atoms with E-state index in [1.54, 1.807) is 39.0 Å². The number of hydrogen-bond acceptors (Lipinski definition) is 5. The van der Waals surface area contributed by atoms with Crippen molar-refractivity contribution in [2.75, 3.05) is 11.5 Å². The minimum Gasteiger partial charge on any atom is -0.454 e. The van der Waals surface area contributed by atoms with Gasteiger partial charge in [-0.15, -0.1) is 0 Å². The summed E-state index contributed by atoms with van der Waals surface area (Å²) in [5.74, 6) is -2.00. The van der Waals surface area contributed by atoms with Crippen LogP contribution in [-0.2, 0) is 19.1 Å². The molecule has 3 aliphatic rings. The number of Topliss-reactive ketones (excluding diaryl/α,β-unsaturated/α-hetero) is 1. The van der Waals surface area contributed by atoms with Crippen LogP contribution in [0.4, 0.5) is 5.69 Å². The topological polar surface area (TPSA) is 80.8 Å². The smallest absolute Gasteiger partial charge is 0.340 e. The van der Waals surface area contributed by atoms with E-state index in [4.69, 9.17) is 4.74 Å². The van der Waals surface area contributed by atoms with E-state index in [0.29, 0.717) is 0 Å². The molecule has 3 fully saturated rings. The average Bonchev–Trinajstić information content (AvgIpc) is 3.30. The second-order valence-electron chi connectivity index (χ2n) is 9.28. The number of alkyl halides is 2. The van der Waals surface area contributed by atoms with E-state index in [0.717, 1.165) is 11.3 Å². The number of benzene rings is 1. The minimum atomic E-state index is -0.722. The number of carbonyl (C=O) groups is 4. The van der Waals surface area contributed by atoms with Crippen LogP contribution < -0.4 is 4.90 Å². The van der Waals surface area contributed by atoms with Gasteiger partial charge in [0.1, 0.15) is 0 Å². The number of anilines is 1. The maximum atomic E-state index is 13.3. The molecular weight excluding hydrogens is 518 g/mol. The van der Waals surface area contributed by atoms with Crippen molar-refractivity contribution in [1.82, 2.24) is 0 Å². The second-order valence-corrected chi connectivity index (χ2v) is 11.4. The Hall–Kier alpha value is -1.54. The Bertz CT molecular complexity index is 908. The Morgan fingerprint density at radius 1 is 1.03 bits per heavy atom. The molecule has 2 aliphatic carbocycles. The monoisotopic (exact) mass is 539 g/mol. The molecule has 160 valence electrons. The van der Waals surface area contributed by atoms with Crippen LogP contribution in [0.3, 0.4) is 0 Å². The number of ether oxygens (including phenoxy) is 1. The summed E-state index contributed by atoms with van der Waals surface area (Å²) in [6.07, 6.45) is 0.838. The summed E-state index contributed by atoms with van der Waals surface area (Å²) in [5, 5.41) is 0. The zero-order valence-electron chi connectivity index (χ0n) is 16.9. The van der Waals surface area contributed by atoms with E-state index in [1.807, 2.05) is 0 Å². The van der Waals surface area contributed by atoms with Crippen molar-refractivity contribution in [2.45, 2.75) is 36.8 Å². The van der Waals surface area contributed by atoms with Crippen molar-refractivity contribution >= 4 is 61.1 Å². The number of nitrogens with zero attached hydrogens (tertiary/aromatic N) is 1. The molecule has 2 bridgehead atoms. The summed E-state index contributed by atoms with van der Waals surface area (Å²) in [5.41, 5.74) is -0.290. The standard InChI is InChI=1S/C22H23Br2NO5/c1-22(2,3)14(26)9-30-21(29)10-6-4-5-7-13(10)25-19(27)15-11-8-12(16(15)20(25)28)18(24)17(11)23/h4-7,11-12,15-18H,8-9H2,1-3H3/t11-,12-,15-,16+,17+,18+/m1/s1. The third-order valence-corrected chi connectivity index (χ3v) is 9.73. The van der Waals surface area contributed by atoms with Gasteiger partial charge >= 0.3 is 5.97 Å². The van der Waals surface area contributed by atoms with Crippen LogP contribution in [0.25, 0.3) is 0 Å². The SMILES string of the molecule is CC(C)(C)C(=O)COC(=O)c1ccccc1N1C(=O)[C@@H]2[C@H]3C[C@@H]([C@H](Br)[C@H]3Br)[C@@H]2C1=O. The van der Waals surface area contributed by atoms with Crippen LogP contribution >= 0.6 is 31.9 Å². The first-order valence-electron chi connectivity index (χ1n) is 9.99. The number of esters is 1. The molecule has 1 aliphatic heterocycles. The van der Waals surface area contributed by atoms with Crippen molar-refractivity contribution < 1.29 is 23.9 Å². The zero-order chi connectivity index (χ0) is 22.0. The first-order valence-corrected chi connectivity index (χ1v) is 11.8. The molecule has 1 aromatic rings. The minimum absolute atomic E-state index is 0.0920. The van der Waals surface area contributed by atoms with Crippen LogP contribution in [0.2, 0.25) is 0 Å². The zero-order valence-corrected chi connectivity index (χ0v) is 20.1. The molecule has 0 unspecified atom stereocenters. The number of halogens is 2. The summed E-state index contributed by atoms with van der Waals surface area (Å²) in [4.78, 5) is 52.8. The first kappa shape index (κ1) is 21.7. The molecule has 30 heavy (non-hydrogen) atoms. The Morgan fingerprint density at radius 2 is 1.57 bits per heavy atom. The molecule has 0 aromatic heterocycles. The Labute approximate surface area is 192 Å². The second kappa shape index (κ2) is 7.55. The van der Waals surface area contributed by atoms with Gasteiger partial charge in [0.25, 0.3) is 0 Å². The number of imide groups is 1. The van der Waals surface area contributed by atoms with Crippen molar-refractivity contribution in [3.8, 4) is 0 Å². The third kappa shape index (κ3) is 3.27. The van der Waals surface area contributed by atoms with Crippen molar-refractivity contribution in [3.63, 3.8) is 0 Å². The van der Waals surface area contributed by atoms with Crippen LogP contribution in [0.15, 0.2) is 24.3 Å². The van der Waals surface area contributed by atoms with Gasteiger partial charge in [-0.2, -0.15) is 0 Å². The van der Waals surface area contributed by atoms with E-state index in [2.05, 4.69) is 31.9 Å². The van der Waals surface area contributed by atoms with E-state index in [-0.39, 0.29) is 68.8 Å². The molecule has 2 saturated carbocycles. The molecule has 0 N–H and O–H groups in total. The Kier molecular flexibility index (Phi) is 5.46.